The van der Waals surface area contributed by atoms with Gasteiger partial charge in [-0.2, -0.15) is 4.98 Å². The molecular weight excluding hydrogens is 433 g/mol. The summed E-state index contributed by atoms with van der Waals surface area (Å²) >= 11 is 0. The summed E-state index contributed by atoms with van der Waals surface area (Å²) in [5.74, 6) is 2.60. The third-order valence-corrected chi connectivity index (χ3v) is 8.48. The Morgan fingerprint density at radius 1 is 1.28 bits per heavy atom. The average molecular weight is 466 g/mol. The molecule has 0 spiro atoms. The Morgan fingerprint density at radius 3 is 2.66 bits per heavy atom. The highest BCUT2D eigenvalue weighted by molar-refractivity contribution is 7.91. The molecule has 2 aliphatic rings. The van der Waals surface area contributed by atoms with E-state index in [9.17, 15) is 12.8 Å². The van der Waals surface area contributed by atoms with Crippen molar-refractivity contribution in [1.29, 1.82) is 0 Å². The Morgan fingerprint density at radius 2 is 2.03 bits per heavy atom. The maximum Gasteiger partial charge on any atom is 0.324 e. The van der Waals surface area contributed by atoms with E-state index >= 15 is 0 Å². The molecule has 1 saturated heterocycles. The van der Waals surface area contributed by atoms with Crippen LogP contribution in [0.2, 0.25) is 0 Å². The molecule has 0 N–H and O–H groups in total. The van der Waals surface area contributed by atoms with Gasteiger partial charge in [0, 0.05) is 25.1 Å². The zero-order valence-electron chi connectivity index (χ0n) is 19.0. The lowest BCUT2D eigenvalue weighted by molar-refractivity contribution is 0.281. The largest absolute Gasteiger partial charge is 0.493 e. The molecule has 0 radical (unpaired) electrons. The van der Waals surface area contributed by atoms with E-state index in [2.05, 4.69) is 28.9 Å². The van der Waals surface area contributed by atoms with Gasteiger partial charge >= 0.3 is 6.01 Å². The highest BCUT2D eigenvalue weighted by Gasteiger charge is 2.43. The number of anilines is 1. The predicted octanol–water partition coefficient (Wildman–Crippen LogP) is 4.45. The summed E-state index contributed by atoms with van der Waals surface area (Å²) in [4.78, 5) is 6.43. The standard InChI is InChI=1S/C23H32FN3O4S/c1-4-32(28,29)21-6-5-18(14-20(21)24)30-12-9-17-13-19(17)16-7-10-27(11-8-16)23-25-22(15(2)3)26-31-23/h5-6,14-17,19H,4,7-13H2,1-3H3/t17-,19-/m1/s1. The zero-order valence-corrected chi connectivity index (χ0v) is 19.8. The van der Waals surface area contributed by atoms with Crippen LogP contribution in [0.1, 0.15) is 58.2 Å². The summed E-state index contributed by atoms with van der Waals surface area (Å²) in [6, 6.07) is 4.64. The molecule has 2 aromatic rings. The van der Waals surface area contributed by atoms with Crippen molar-refractivity contribution in [3.63, 3.8) is 0 Å². The van der Waals surface area contributed by atoms with E-state index in [1.807, 2.05) is 0 Å². The van der Waals surface area contributed by atoms with Crippen molar-refractivity contribution in [3.8, 4) is 5.75 Å². The van der Waals surface area contributed by atoms with Crippen LogP contribution in [0.3, 0.4) is 0 Å². The fourth-order valence-electron chi connectivity index (χ4n) is 4.60. The summed E-state index contributed by atoms with van der Waals surface area (Å²) in [6.07, 6.45) is 4.40. The Labute approximate surface area is 189 Å². The Hall–Kier alpha value is -2.16. The van der Waals surface area contributed by atoms with E-state index < -0.39 is 15.7 Å². The first-order valence-corrected chi connectivity index (χ1v) is 13.2. The Balaban J connectivity index is 1.20. The molecule has 2 heterocycles. The first-order valence-electron chi connectivity index (χ1n) is 11.5. The molecule has 0 amide bonds. The lowest BCUT2D eigenvalue weighted by Crippen LogP contribution is -2.34. The molecule has 176 valence electrons. The van der Waals surface area contributed by atoms with Crippen molar-refractivity contribution < 1.29 is 22.1 Å². The highest BCUT2D eigenvalue weighted by atomic mass is 32.2. The van der Waals surface area contributed by atoms with E-state index in [4.69, 9.17) is 9.26 Å². The summed E-state index contributed by atoms with van der Waals surface area (Å²) in [7, 11) is -3.56. The number of hydrogen-bond acceptors (Lipinski definition) is 7. The smallest absolute Gasteiger partial charge is 0.324 e. The van der Waals surface area contributed by atoms with Gasteiger partial charge in [0.15, 0.2) is 15.7 Å². The molecule has 1 aliphatic heterocycles. The number of piperidine rings is 1. The van der Waals surface area contributed by atoms with E-state index in [0.29, 0.717) is 30.2 Å². The first kappa shape index (κ1) is 23.0. The first-order chi connectivity index (χ1) is 15.3. The van der Waals surface area contributed by atoms with Crippen LogP contribution in [0.25, 0.3) is 0 Å². The fraction of sp³-hybridized carbons (Fsp3) is 0.652. The van der Waals surface area contributed by atoms with Gasteiger partial charge in [-0.15, -0.1) is 0 Å². The molecule has 4 rings (SSSR count). The monoisotopic (exact) mass is 465 g/mol. The number of rotatable bonds is 9. The van der Waals surface area contributed by atoms with Gasteiger partial charge in [0.2, 0.25) is 0 Å². The van der Waals surface area contributed by atoms with Gasteiger partial charge in [-0.3, -0.25) is 0 Å². The quantitative estimate of drug-likeness (QED) is 0.541. The second-order valence-electron chi connectivity index (χ2n) is 9.21. The molecular formula is C23H32FN3O4S. The van der Waals surface area contributed by atoms with Gasteiger partial charge in [-0.05, 0) is 55.6 Å². The van der Waals surface area contributed by atoms with Crippen LogP contribution < -0.4 is 9.64 Å². The van der Waals surface area contributed by atoms with Crippen molar-refractivity contribution in [3.05, 3.63) is 29.8 Å². The second kappa shape index (κ2) is 9.37. The SMILES string of the molecule is CCS(=O)(=O)c1ccc(OCC[C@@H]2C[C@@H]2C2CCN(c3nc(C(C)C)no3)CC2)cc1F. The van der Waals surface area contributed by atoms with Crippen LogP contribution in [0, 0.1) is 23.6 Å². The molecule has 1 saturated carbocycles. The molecule has 32 heavy (non-hydrogen) atoms. The minimum Gasteiger partial charge on any atom is -0.493 e. The molecule has 1 aromatic carbocycles. The normalized spacial score (nSPS) is 21.8. The van der Waals surface area contributed by atoms with E-state index in [1.165, 1.54) is 31.5 Å². The summed E-state index contributed by atoms with van der Waals surface area (Å²) in [5, 5.41) is 4.06. The number of nitrogens with zero attached hydrogens (tertiary/aromatic N) is 3. The second-order valence-corrected chi connectivity index (χ2v) is 11.5. The predicted molar refractivity (Wildman–Crippen MR) is 119 cm³/mol. The molecule has 1 aromatic heterocycles. The summed E-state index contributed by atoms with van der Waals surface area (Å²) in [6.45, 7) is 8.01. The molecule has 9 heteroatoms. The summed E-state index contributed by atoms with van der Waals surface area (Å²) in [5.41, 5.74) is 0. The third kappa shape index (κ3) is 5.08. The molecule has 0 bridgehead atoms. The van der Waals surface area contributed by atoms with Gasteiger partial charge in [-0.1, -0.05) is 25.9 Å². The molecule has 2 fully saturated rings. The van der Waals surface area contributed by atoms with Crippen molar-refractivity contribution in [1.82, 2.24) is 10.1 Å². The molecule has 7 nitrogen and oxygen atoms in total. The van der Waals surface area contributed by atoms with E-state index in [1.54, 1.807) is 0 Å². The number of sulfone groups is 1. The van der Waals surface area contributed by atoms with Crippen molar-refractivity contribution >= 4 is 15.9 Å². The van der Waals surface area contributed by atoms with Gasteiger partial charge in [0.25, 0.3) is 0 Å². The Bertz CT molecular complexity index is 1030. The van der Waals surface area contributed by atoms with Gasteiger partial charge in [0.05, 0.1) is 12.4 Å². The van der Waals surface area contributed by atoms with Crippen LogP contribution in [-0.4, -0.2) is 44.0 Å². The lowest BCUT2D eigenvalue weighted by atomic mass is 9.90. The molecule has 1 aliphatic carbocycles. The maximum atomic E-state index is 14.2. The number of benzene rings is 1. The zero-order chi connectivity index (χ0) is 22.9. The highest BCUT2D eigenvalue weighted by Crippen LogP contribution is 2.50. The van der Waals surface area contributed by atoms with Crippen LogP contribution in [0.5, 0.6) is 5.75 Å². The number of aromatic nitrogens is 2. The molecule has 0 unspecified atom stereocenters. The van der Waals surface area contributed by atoms with Crippen LogP contribution >= 0.6 is 0 Å². The van der Waals surface area contributed by atoms with Gasteiger partial charge in [0.1, 0.15) is 16.5 Å². The fourth-order valence-corrected chi connectivity index (χ4v) is 5.54. The van der Waals surface area contributed by atoms with Crippen LogP contribution in [0.15, 0.2) is 27.6 Å². The van der Waals surface area contributed by atoms with E-state index in [0.717, 1.165) is 44.1 Å². The van der Waals surface area contributed by atoms with Gasteiger partial charge < -0.3 is 14.2 Å². The molecule has 2 atom stereocenters. The lowest BCUT2D eigenvalue weighted by Gasteiger charge is -2.30. The van der Waals surface area contributed by atoms with Crippen molar-refractivity contribution in [2.45, 2.75) is 57.3 Å². The van der Waals surface area contributed by atoms with Crippen LogP contribution in [0.4, 0.5) is 10.4 Å². The van der Waals surface area contributed by atoms with Crippen molar-refractivity contribution in [2.75, 3.05) is 30.3 Å². The number of halogens is 1. The number of hydrogen-bond donors (Lipinski definition) is 0. The minimum absolute atomic E-state index is 0.125. The van der Waals surface area contributed by atoms with Crippen LogP contribution in [-0.2, 0) is 9.84 Å². The van der Waals surface area contributed by atoms with E-state index in [-0.39, 0.29) is 16.6 Å². The topological polar surface area (TPSA) is 85.5 Å². The maximum absolute atomic E-state index is 14.2. The number of ether oxygens (including phenoxy) is 1. The van der Waals surface area contributed by atoms with Gasteiger partial charge in [-0.25, -0.2) is 12.8 Å². The third-order valence-electron chi connectivity index (χ3n) is 6.72. The Kier molecular flexibility index (Phi) is 6.74. The summed E-state index contributed by atoms with van der Waals surface area (Å²) < 4.78 is 49.0. The van der Waals surface area contributed by atoms with Crippen molar-refractivity contribution in [2.24, 2.45) is 17.8 Å². The minimum atomic E-state index is -3.56. The average Bonchev–Trinajstić information content (AvgIpc) is 3.36.